The quantitative estimate of drug-likeness (QED) is 0.664. The lowest BCUT2D eigenvalue weighted by Crippen LogP contribution is -2.03. The standard InChI is InChI=1S/C9H15ClN2/c1-7(2)6-8(10)9-4-5-11-12(9)3/h4-5,7-8H,6H2,1-3H3. The van der Waals surface area contributed by atoms with E-state index < -0.39 is 0 Å². The summed E-state index contributed by atoms with van der Waals surface area (Å²) in [5, 5.41) is 4.17. The first kappa shape index (κ1) is 9.59. The third-order valence-electron chi connectivity index (χ3n) is 1.86. The molecule has 1 aromatic heterocycles. The van der Waals surface area contributed by atoms with Gasteiger partial charge in [-0.05, 0) is 18.4 Å². The van der Waals surface area contributed by atoms with Crippen LogP contribution < -0.4 is 0 Å². The SMILES string of the molecule is CC(C)CC(Cl)c1ccnn1C. The van der Waals surface area contributed by atoms with Gasteiger partial charge in [0.2, 0.25) is 0 Å². The summed E-state index contributed by atoms with van der Waals surface area (Å²) < 4.78 is 1.83. The van der Waals surface area contributed by atoms with E-state index in [1.54, 1.807) is 6.20 Å². The van der Waals surface area contributed by atoms with Gasteiger partial charge in [0, 0.05) is 13.2 Å². The van der Waals surface area contributed by atoms with Crippen molar-refractivity contribution in [1.82, 2.24) is 9.78 Å². The number of nitrogens with zero attached hydrogens (tertiary/aromatic N) is 2. The molecule has 0 radical (unpaired) electrons. The fraction of sp³-hybridized carbons (Fsp3) is 0.667. The summed E-state index contributed by atoms with van der Waals surface area (Å²) in [7, 11) is 1.92. The van der Waals surface area contributed by atoms with Crippen molar-refractivity contribution in [1.29, 1.82) is 0 Å². The first-order valence-corrected chi connectivity index (χ1v) is 4.67. The molecule has 1 atom stereocenters. The lowest BCUT2D eigenvalue weighted by Gasteiger charge is -2.11. The Morgan fingerprint density at radius 1 is 1.58 bits per heavy atom. The molecular formula is C9H15ClN2. The van der Waals surface area contributed by atoms with Crippen LogP contribution in [-0.2, 0) is 7.05 Å². The van der Waals surface area contributed by atoms with E-state index in [1.165, 1.54) is 0 Å². The van der Waals surface area contributed by atoms with Gasteiger partial charge in [-0.3, -0.25) is 4.68 Å². The zero-order chi connectivity index (χ0) is 9.14. The molecule has 0 aliphatic carbocycles. The van der Waals surface area contributed by atoms with Gasteiger partial charge in [-0.25, -0.2) is 0 Å². The molecule has 0 aromatic carbocycles. The summed E-state index contributed by atoms with van der Waals surface area (Å²) in [6.07, 6.45) is 2.78. The van der Waals surface area contributed by atoms with E-state index in [-0.39, 0.29) is 5.38 Å². The van der Waals surface area contributed by atoms with Crippen LogP contribution in [-0.4, -0.2) is 9.78 Å². The van der Waals surface area contributed by atoms with E-state index in [0.717, 1.165) is 12.1 Å². The van der Waals surface area contributed by atoms with Crippen molar-refractivity contribution in [2.75, 3.05) is 0 Å². The van der Waals surface area contributed by atoms with Gasteiger partial charge in [-0.1, -0.05) is 13.8 Å². The van der Waals surface area contributed by atoms with Gasteiger partial charge in [0.25, 0.3) is 0 Å². The van der Waals surface area contributed by atoms with Gasteiger partial charge in [0.15, 0.2) is 0 Å². The first-order valence-electron chi connectivity index (χ1n) is 4.23. The Hall–Kier alpha value is -0.500. The summed E-state index contributed by atoms with van der Waals surface area (Å²) in [5.41, 5.74) is 1.10. The molecule has 0 bridgehead atoms. The number of aryl methyl sites for hydroxylation is 1. The first-order chi connectivity index (χ1) is 5.61. The molecule has 0 aliphatic heterocycles. The van der Waals surface area contributed by atoms with Crippen LogP contribution in [0.5, 0.6) is 0 Å². The van der Waals surface area contributed by atoms with Gasteiger partial charge >= 0.3 is 0 Å². The fourth-order valence-electron chi connectivity index (χ4n) is 1.23. The van der Waals surface area contributed by atoms with Gasteiger partial charge < -0.3 is 0 Å². The number of rotatable bonds is 3. The lowest BCUT2D eigenvalue weighted by molar-refractivity contribution is 0.552. The minimum Gasteiger partial charge on any atom is -0.271 e. The average Bonchev–Trinajstić information content (AvgIpc) is 2.33. The minimum absolute atomic E-state index is 0.0949. The topological polar surface area (TPSA) is 17.8 Å². The molecule has 0 saturated carbocycles. The Kier molecular flexibility index (Phi) is 3.15. The van der Waals surface area contributed by atoms with Crippen LogP contribution in [0.2, 0.25) is 0 Å². The van der Waals surface area contributed by atoms with Crippen molar-refractivity contribution >= 4 is 11.6 Å². The highest BCUT2D eigenvalue weighted by Crippen LogP contribution is 2.26. The van der Waals surface area contributed by atoms with Gasteiger partial charge in [0.1, 0.15) is 0 Å². The molecular weight excluding hydrogens is 172 g/mol. The summed E-state index contributed by atoms with van der Waals surface area (Å²) in [5.74, 6) is 0.627. The Morgan fingerprint density at radius 3 is 2.67 bits per heavy atom. The monoisotopic (exact) mass is 186 g/mol. The largest absolute Gasteiger partial charge is 0.271 e. The molecule has 0 fully saturated rings. The second-order valence-corrected chi connectivity index (χ2v) is 4.00. The zero-order valence-corrected chi connectivity index (χ0v) is 8.54. The van der Waals surface area contributed by atoms with Crippen LogP contribution in [0.25, 0.3) is 0 Å². The maximum Gasteiger partial charge on any atom is 0.0756 e. The number of hydrogen-bond acceptors (Lipinski definition) is 1. The molecule has 0 aliphatic rings. The maximum atomic E-state index is 6.19. The van der Waals surface area contributed by atoms with Crippen molar-refractivity contribution in [3.05, 3.63) is 18.0 Å². The predicted molar refractivity (Wildman–Crippen MR) is 51.3 cm³/mol. The van der Waals surface area contributed by atoms with Crippen LogP contribution in [0.3, 0.4) is 0 Å². The van der Waals surface area contributed by atoms with Crippen LogP contribution in [0, 0.1) is 5.92 Å². The van der Waals surface area contributed by atoms with Crippen molar-refractivity contribution < 1.29 is 0 Å². The van der Waals surface area contributed by atoms with Crippen LogP contribution in [0.1, 0.15) is 31.3 Å². The summed E-state index contributed by atoms with van der Waals surface area (Å²) in [6.45, 7) is 4.34. The molecule has 0 amide bonds. The predicted octanol–water partition coefficient (Wildman–Crippen LogP) is 2.75. The second-order valence-electron chi connectivity index (χ2n) is 3.48. The van der Waals surface area contributed by atoms with Crippen molar-refractivity contribution in [2.24, 2.45) is 13.0 Å². The molecule has 3 heteroatoms. The molecule has 2 nitrogen and oxygen atoms in total. The fourth-order valence-corrected chi connectivity index (χ4v) is 1.80. The van der Waals surface area contributed by atoms with E-state index in [2.05, 4.69) is 18.9 Å². The number of halogens is 1. The molecule has 1 unspecified atom stereocenters. The zero-order valence-electron chi connectivity index (χ0n) is 7.79. The summed E-state index contributed by atoms with van der Waals surface area (Å²) in [4.78, 5) is 0. The van der Waals surface area contributed by atoms with Crippen LogP contribution >= 0.6 is 11.6 Å². The van der Waals surface area contributed by atoms with E-state index in [0.29, 0.717) is 5.92 Å². The van der Waals surface area contributed by atoms with Crippen molar-refractivity contribution in [3.63, 3.8) is 0 Å². The smallest absolute Gasteiger partial charge is 0.0756 e. The van der Waals surface area contributed by atoms with Gasteiger partial charge in [0.05, 0.1) is 11.1 Å². The summed E-state index contributed by atoms with van der Waals surface area (Å²) >= 11 is 6.19. The highest BCUT2D eigenvalue weighted by atomic mass is 35.5. The Balaban J connectivity index is 2.65. The van der Waals surface area contributed by atoms with E-state index in [4.69, 9.17) is 11.6 Å². The van der Waals surface area contributed by atoms with E-state index in [9.17, 15) is 0 Å². The molecule has 1 rings (SSSR count). The molecule has 0 saturated heterocycles. The molecule has 0 spiro atoms. The molecule has 1 heterocycles. The van der Waals surface area contributed by atoms with E-state index in [1.807, 2.05) is 17.8 Å². The molecule has 1 aromatic rings. The van der Waals surface area contributed by atoms with Crippen molar-refractivity contribution in [2.45, 2.75) is 25.6 Å². The number of alkyl halides is 1. The average molecular weight is 187 g/mol. The lowest BCUT2D eigenvalue weighted by atomic mass is 10.1. The molecule has 12 heavy (non-hydrogen) atoms. The molecule has 0 N–H and O–H groups in total. The Labute approximate surface area is 78.5 Å². The summed E-state index contributed by atoms with van der Waals surface area (Å²) in [6, 6.07) is 1.97. The maximum absolute atomic E-state index is 6.19. The Morgan fingerprint density at radius 2 is 2.25 bits per heavy atom. The second kappa shape index (κ2) is 3.94. The van der Waals surface area contributed by atoms with Gasteiger partial charge in [-0.2, -0.15) is 5.10 Å². The third-order valence-corrected chi connectivity index (χ3v) is 2.26. The normalized spacial score (nSPS) is 13.8. The van der Waals surface area contributed by atoms with Crippen LogP contribution in [0.4, 0.5) is 0 Å². The third kappa shape index (κ3) is 2.24. The minimum atomic E-state index is 0.0949. The van der Waals surface area contributed by atoms with E-state index >= 15 is 0 Å². The Bertz CT molecular complexity index is 242. The molecule has 68 valence electrons. The number of hydrogen-bond donors (Lipinski definition) is 0. The van der Waals surface area contributed by atoms with Crippen LogP contribution in [0.15, 0.2) is 12.3 Å². The van der Waals surface area contributed by atoms with Crippen molar-refractivity contribution in [3.8, 4) is 0 Å². The van der Waals surface area contributed by atoms with Gasteiger partial charge in [-0.15, -0.1) is 11.6 Å². The highest BCUT2D eigenvalue weighted by Gasteiger charge is 2.12. The highest BCUT2D eigenvalue weighted by molar-refractivity contribution is 6.20. The number of aromatic nitrogens is 2.